The lowest BCUT2D eigenvalue weighted by Crippen LogP contribution is -2.46. The number of aryl methyl sites for hydroxylation is 1. The molecule has 1 amide bonds. The van der Waals surface area contributed by atoms with E-state index >= 15 is 0 Å². The molecule has 1 saturated carbocycles. The molecular formula is C25H25FN4O3. The van der Waals surface area contributed by atoms with Gasteiger partial charge in [0.05, 0.1) is 17.6 Å². The monoisotopic (exact) mass is 448 g/mol. The van der Waals surface area contributed by atoms with Crippen LogP contribution in [0.4, 0.5) is 4.39 Å². The zero-order chi connectivity index (χ0) is 23.1. The molecule has 0 bridgehead atoms. The molecule has 2 N–H and O–H groups in total. The Morgan fingerprint density at radius 1 is 1.30 bits per heavy atom. The van der Waals surface area contributed by atoms with Crippen LogP contribution in [0.25, 0.3) is 22.2 Å². The number of hydrogen-bond donors (Lipinski definition) is 2. The molecule has 7 nitrogen and oxygen atoms in total. The number of oxazole rings is 1. The SMILES string of the molecule is Cn1c(=O)oc2ccc(-c3ccc(CC(C#N)NC(=O)C4CC5CCCC5N4)c(F)c3)cc21. The first-order valence-electron chi connectivity index (χ1n) is 11.3. The van der Waals surface area contributed by atoms with Crippen molar-refractivity contribution in [2.75, 3.05) is 0 Å². The minimum atomic E-state index is -0.808. The van der Waals surface area contributed by atoms with Crippen LogP contribution in [0.2, 0.25) is 0 Å². The number of hydrogen-bond acceptors (Lipinski definition) is 5. The molecule has 5 rings (SSSR count). The van der Waals surface area contributed by atoms with Crippen molar-refractivity contribution in [1.29, 1.82) is 5.26 Å². The highest BCUT2D eigenvalue weighted by molar-refractivity contribution is 5.83. The largest absolute Gasteiger partial charge is 0.419 e. The third-order valence-corrected chi connectivity index (χ3v) is 7.00. The maximum absolute atomic E-state index is 14.9. The zero-order valence-corrected chi connectivity index (χ0v) is 18.3. The lowest BCUT2D eigenvalue weighted by atomic mass is 9.99. The molecule has 3 aromatic rings. The molecule has 170 valence electrons. The number of aromatic nitrogens is 1. The second kappa shape index (κ2) is 8.49. The quantitative estimate of drug-likeness (QED) is 0.625. The number of benzene rings is 2. The van der Waals surface area contributed by atoms with Crippen molar-refractivity contribution in [1.82, 2.24) is 15.2 Å². The molecule has 4 unspecified atom stereocenters. The van der Waals surface area contributed by atoms with Crippen LogP contribution in [0.5, 0.6) is 0 Å². The number of rotatable bonds is 5. The van der Waals surface area contributed by atoms with Crippen molar-refractivity contribution in [3.05, 3.63) is 58.3 Å². The second-order valence-electron chi connectivity index (χ2n) is 9.06. The number of amides is 1. The molecule has 2 heterocycles. The molecule has 1 saturated heterocycles. The van der Waals surface area contributed by atoms with E-state index in [9.17, 15) is 19.2 Å². The summed E-state index contributed by atoms with van der Waals surface area (Å²) in [6.45, 7) is 0. The molecule has 8 heteroatoms. The number of halogens is 1. The fourth-order valence-electron chi connectivity index (χ4n) is 5.17. The van der Waals surface area contributed by atoms with E-state index in [2.05, 4.69) is 16.7 Å². The molecule has 1 aliphatic heterocycles. The second-order valence-corrected chi connectivity index (χ2v) is 9.06. The molecule has 2 fully saturated rings. The minimum Gasteiger partial charge on any atom is -0.408 e. The number of carbonyl (C=O) groups excluding carboxylic acids is 1. The van der Waals surface area contributed by atoms with E-state index in [-0.39, 0.29) is 18.4 Å². The van der Waals surface area contributed by atoms with Gasteiger partial charge in [0, 0.05) is 19.5 Å². The van der Waals surface area contributed by atoms with E-state index in [1.54, 1.807) is 37.4 Å². The molecule has 1 aliphatic carbocycles. The molecule has 4 atom stereocenters. The summed E-state index contributed by atoms with van der Waals surface area (Å²) < 4.78 is 21.5. The topological polar surface area (TPSA) is 100 Å². The first-order valence-corrected chi connectivity index (χ1v) is 11.3. The average molecular weight is 448 g/mol. The van der Waals surface area contributed by atoms with Gasteiger partial charge >= 0.3 is 5.76 Å². The molecule has 0 radical (unpaired) electrons. The Kier molecular flexibility index (Phi) is 5.51. The summed E-state index contributed by atoms with van der Waals surface area (Å²) in [5.74, 6) is -0.553. The summed E-state index contributed by atoms with van der Waals surface area (Å²) in [5.41, 5.74) is 2.84. The first-order chi connectivity index (χ1) is 15.9. The number of fused-ring (bicyclic) bond motifs is 2. The standard InChI is InChI=1S/C25H25FN4O3/c1-30-22-12-15(7-8-23(22)33-25(30)32)14-5-6-16(19(26)10-14)9-18(13-27)28-24(31)21-11-17-3-2-4-20(17)29-21/h5-8,10,12,17-18,20-21,29H,2-4,9,11H2,1H3,(H,28,31). The molecule has 1 aromatic heterocycles. The number of nitrogens with one attached hydrogen (secondary N) is 2. The van der Waals surface area contributed by atoms with Crippen LogP contribution in [0.1, 0.15) is 31.2 Å². The van der Waals surface area contributed by atoms with E-state index in [1.807, 2.05) is 0 Å². The van der Waals surface area contributed by atoms with Gasteiger partial charge in [-0.15, -0.1) is 0 Å². The van der Waals surface area contributed by atoms with Crippen molar-refractivity contribution < 1.29 is 13.6 Å². The van der Waals surface area contributed by atoms with Gasteiger partial charge in [-0.25, -0.2) is 9.18 Å². The molecule has 2 aliphatic rings. The van der Waals surface area contributed by atoms with Crippen molar-refractivity contribution >= 4 is 17.0 Å². The Morgan fingerprint density at radius 2 is 2.09 bits per heavy atom. The number of carbonyl (C=O) groups is 1. The van der Waals surface area contributed by atoms with Crippen LogP contribution in [0.3, 0.4) is 0 Å². The predicted molar refractivity (Wildman–Crippen MR) is 121 cm³/mol. The Balaban J connectivity index is 1.29. The van der Waals surface area contributed by atoms with Gasteiger partial charge in [0.25, 0.3) is 0 Å². The third-order valence-electron chi connectivity index (χ3n) is 7.00. The lowest BCUT2D eigenvalue weighted by molar-refractivity contribution is -0.123. The van der Waals surface area contributed by atoms with Gasteiger partial charge < -0.3 is 15.1 Å². The smallest absolute Gasteiger partial charge is 0.408 e. The fourth-order valence-corrected chi connectivity index (χ4v) is 5.17. The van der Waals surface area contributed by atoms with Gasteiger partial charge in [0.2, 0.25) is 5.91 Å². The first kappa shape index (κ1) is 21.4. The Morgan fingerprint density at radius 3 is 2.85 bits per heavy atom. The summed E-state index contributed by atoms with van der Waals surface area (Å²) in [4.78, 5) is 24.3. The van der Waals surface area contributed by atoms with E-state index in [4.69, 9.17) is 4.42 Å². The minimum absolute atomic E-state index is 0.0865. The van der Waals surface area contributed by atoms with Crippen molar-refractivity contribution in [2.24, 2.45) is 13.0 Å². The normalized spacial score (nSPS) is 22.8. The maximum atomic E-state index is 14.9. The molecule has 2 aromatic carbocycles. The number of nitrogens with zero attached hydrogens (tertiary/aromatic N) is 2. The van der Waals surface area contributed by atoms with Crippen LogP contribution in [-0.4, -0.2) is 28.6 Å². The van der Waals surface area contributed by atoms with Gasteiger partial charge in [0.15, 0.2) is 5.58 Å². The summed E-state index contributed by atoms with van der Waals surface area (Å²) in [6.07, 6.45) is 4.32. The highest BCUT2D eigenvalue weighted by Gasteiger charge is 2.40. The van der Waals surface area contributed by atoms with Crippen LogP contribution < -0.4 is 16.4 Å². The zero-order valence-electron chi connectivity index (χ0n) is 18.3. The summed E-state index contributed by atoms with van der Waals surface area (Å²) >= 11 is 0. The van der Waals surface area contributed by atoms with Gasteiger partial charge in [-0.1, -0.05) is 24.6 Å². The van der Waals surface area contributed by atoms with Gasteiger partial charge in [0.1, 0.15) is 11.9 Å². The third kappa shape index (κ3) is 4.05. The highest BCUT2D eigenvalue weighted by Crippen LogP contribution is 2.34. The van der Waals surface area contributed by atoms with Crippen LogP contribution >= 0.6 is 0 Å². The van der Waals surface area contributed by atoms with Crippen LogP contribution in [0, 0.1) is 23.1 Å². The predicted octanol–water partition coefficient (Wildman–Crippen LogP) is 3.02. The molecule has 33 heavy (non-hydrogen) atoms. The van der Waals surface area contributed by atoms with E-state index in [0.29, 0.717) is 34.2 Å². The Labute approximate surface area is 190 Å². The fraction of sp³-hybridized carbons (Fsp3) is 0.400. The average Bonchev–Trinajstić information content (AvgIpc) is 3.48. The van der Waals surface area contributed by atoms with Crippen LogP contribution in [0.15, 0.2) is 45.6 Å². The van der Waals surface area contributed by atoms with Gasteiger partial charge in [-0.05, 0) is 60.1 Å². The van der Waals surface area contributed by atoms with Crippen molar-refractivity contribution in [2.45, 2.75) is 50.2 Å². The van der Waals surface area contributed by atoms with E-state index in [0.717, 1.165) is 24.8 Å². The van der Waals surface area contributed by atoms with Crippen LogP contribution in [-0.2, 0) is 18.3 Å². The lowest BCUT2D eigenvalue weighted by Gasteiger charge is -2.17. The summed E-state index contributed by atoms with van der Waals surface area (Å²) in [6, 6.07) is 11.4. The summed E-state index contributed by atoms with van der Waals surface area (Å²) in [7, 11) is 1.62. The number of nitriles is 1. The molecular weight excluding hydrogens is 423 g/mol. The van der Waals surface area contributed by atoms with Gasteiger partial charge in [-0.2, -0.15) is 5.26 Å². The van der Waals surface area contributed by atoms with E-state index < -0.39 is 17.6 Å². The molecule has 0 spiro atoms. The van der Waals surface area contributed by atoms with Crippen molar-refractivity contribution in [3.8, 4) is 17.2 Å². The van der Waals surface area contributed by atoms with E-state index in [1.165, 1.54) is 17.1 Å². The summed E-state index contributed by atoms with van der Waals surface area (Å²) in [5, 5.41) is 15.7. The van der Waals surface area contributed by atoms with Crippen molar-refractivity contribution in [3.63, 3.8) is 0 Å². The van der Waals surface area contributed by atoms with Gasteiger partial charge in [-0.3, -0.25) is 9.36 Å². The maximum Gasteiger partial charge on any atom is 0.419 e. The highest BCUT2D eigenvalue weighted by atomic mass is 19.1. The Hall–Kier alpha value is -3.44. The Bertz CT molecular complexity index is 1310.